The van der Waals surface area contributed by atoms with E-state index in [1.165, 1.54) is 0 Å². The van der Waals surface area contributed by atoms with Crippen LogP contribution in [0.3, 0.4) is 0 Å². The van der Waals surface area contributed by atoms with Crippen molar-refractivity contribution < 1.29 is 9.59 Å². The summed E-state index contributed by atoms with van der Waals surface area (Å²) in [6.45, 7) is 4.59. The van der Waals surface area contributed by atoms with E-state index in [4.69, 9.17) is 11.6 Å². The minimum atomic E-state index is -0.135. The minimum absolute atomic E-state index is 0.135. The maximum atomic E-state index is 12.7. The summed E-state index contributed by atoms with van der Waals surface area (Å²) in [4.78, 5) is 35.6. The van der Waals surface area contributed by atoms with E-state index in [0.29, 0.717) is 49.4 Å². The Labute approximate surface area is 163 Å². The third kappa shape index (κ3) is 5.17. The summed E-state index contributed by atoms with van der Waals surface area (Å²) >= 11 is 6.00. The molecule has 0 saturated carbocycles. The van der Waals surface area contributed by atoms with E-state index in [0.717, 1.165) is 24.1 Å². The van der Waals surface area contributed by atoms with Gasteiger partial charge in [0.1, 0.15) is 5.69 Å². The highest BCUT2D eigenvalue weighted by Crippen LogP contribution is 2.13. The van der Waals surface area contributed by atoms with Gasteiger partial charge in [0.25, 0.3) is 5.91 Å². The highest BCUT2D eigenvalue weighted by Gasteiger charge is 2.23. The van der Waals surface area contributed by atoms with Gasteiger partial charge >= 0.3 is 0 Å². The number of carbonyl (C=O) groups is 2. The Bertz CT molecular complexity index is 821. The van der Waals surface area contributed by atoms with Gasteiger partial charge in [0.05, 0.1) is 0 Å². The zero-order valence-corrected chi connectivity index (χ0v) is 15.9. The SMILES string of the molecule is Cc1cc(C(=O)N2CCN(C=O)CC2)nc(NCCc2cccc(Cl)c2)n1. The molecule has 0 atom stereocenters. The lowest BCUT2D eigenvalue weighted by Gasteiger charge is -2.32. The number of amides is 2. The predicted molar refractivity (Wildman–Crippen MR) is 104 cm³/mol. The number of hydrogen-bond acceptors (Lipinski definition) is 5. The molecule has 1 aromatic carbocycles. The Morgan fingerprint density at radius 1 is 1.22 bits per heavy atom. The van der Waals surface area contributed by atoms with E-state index in [9.17, 15) is 9.59 Å². The van der Waals surface area contributed by atoms with Gasteiger partial charge in [-0.05, 0) is 37.1 Å². The molecule has 7 nitrogen and oxygen atoms in total. The summed E-state index contributed by atoms with van der Waals surface area (Å²) in [5.74, 6) is 0.302. The molecule has 2 heterocycles. The maximum Gasteiger partial charge on any atom is 0.272 e. The van der Waals surface area contributed by atoms with Gasteiger partial charge < -0.3 is 15.1 Å². The van der Waals surface area contributed by atoms with Crippen LogP contribution in [0.15, 0.2) is 30.3 Å². The van der Waals surface area contributed by atoms with Crippen LogP contribution in [-0.2, 0) is 11.2 Å². The van der Waals surface area contributed by atoms with E-state index in [2.05, 4.69) is 15.3 Å². The first-order chi connectivity index (χ1) is 13.0. The number of piperazine rings is 1. The van der Waals surface area contributed by atoms with Crippen molar-refractivity contribution in [3.63, 3.8) is 0 Å². The van der Waals surface area contributed by atoms with E-state index in [1.807, 2.05) is 31.2 Å². The van der Waals surface area contributed by atoms with E-state index >= 15 is 0 Å². The molecule has 0 spiro atoms. The molecule has 1 N–H and O–H groups in total. The van der Waals surface area contributed by atoms with Crippen molar-refractivity contribution >= 4 is 29.9 Å². The van der Waals surface area contributed by atoms with Crippen molar-refractivity contribution in [2.75, 3.05) is 38.0 Å². The molecule has 0 radical (unpaired) electrons. The van der Waals surface area contributed by atoms with Crippen LogP contribution in [0, 0.1) is 6.92 Å². The number of carbonyl (C=O) groups excluding carboxylic acids is 2. The van der Waals surface area contributed by atoms with Gasteiger partial charge in [-0.2, -0.15) is 0 Å². The zero-order valence-electron chi connectivity index (χ0n) is 15.2. The average molecular weight is 388 g/mol. The Morgan fingerprint density at radius 2 is 2.00 bits per heavy atom. The van der Waals surface area contributed by atoms with Crippen LogP contribution in [0.4, 0.5) is 5.95 Å². The molecule has 0 aliphatic carbocycles. The first-order valence-corrected chi connectivity index (χ1v) is 9.25. The molecule has 0 unspecified atom stereocenters. The van der Waals surface area contributed by atoms with Gasteiger partial charge in [0.15, 0.2) is 0 Å². The lowest BCUT2D eigenvalue weighted by molar-refractivity contribution is -0.119. The summed E-state index contributed by atoms with van der Waals surface area (Å²) < 4.78 is 0. The Kier molecular flexibility index (Phi) is 6.24. The molecule has 1 aromatic heterocycles. The van der Waals surface area contributed by atoms with Gasteiger partial charge in [-0.25, -0.2) is 9.97 Å². The quantitative estimate of drug-likeness (QED) is 0.767. The summed E-state index contributed by atoms with van der Waals surface area (Å²) in [5.41, 5.74) is 2.21. The molecule has 1 fully saturated rings. The number of anilines is 1. The number of benzene rings is 1. The van der Waals surface area contributed by atoms with Gasteiger partial charge in [-0.1, -0.05) is 23.7 Å². The van der Waals surface area contributed by atoms with E-state index in [-0.39, 0.29) is 5.91 Å². The second-order valence-electron chi connectivity index (χ2n) is 6.46. The van der Waals surface area contributed by atoms with Gasteiger partial charge in [-0.15, -0.1) is 0 Å². The van der Waals surface area contributed by atoms with Crippen molar-refractivity contribution in [1.82, 2.24) is 19.8 Å². The second kappa shape index (κ2) is 8.81. The van der Waals surface area contributed by atoms with E-state index in [1.54, 1.807) is 15.9 Å². The lowest BCUT2D eigenvalue weighted by Crippen LogP contribution is -2.48. The fourth-order valence-electron chi connectivity index (χ4n) is 2.96. The zero-order chi connectivity index (χ0) is 19.2. The van der Waals surface area contributed by atoms with Crippen molar-refractivity contribution in [2.24, 2.45) is 0 Å². The monoisotopic (exact) mass is 387 g/mol. The lowest BCUT2D eigenvalue weighted by atomic mass is 10.1. The first kappa shape index (κ1) is 19.1. The summed E-state index contributed by atoms with van der Waals surface area (Å²) in [7, 11) is 0. The summed E-state index contributed by atoms with van der Waals surface area (Å²) in [6, 6.07) is 9.39. The number of rotatable bonds is 6. The Morgan fingerprint density at radius 3 is 2.70 bits per heavy atom. The number of aromatic nitrogens is 2. The molecule has 1 aliphatic rings. The molecular weight excluding hydrogens is 366 g/mol. The van der Waals surface area contributed by atoms with E-state index < -0.39 is 0 Å². The molecule has 1 saturated heterocycles. The Balaban J connectivity index is 1.61. The predicted octanol–water partition coefficient (Wildman–Crippen LogP) is 2.01. The molecule has 142 valence electrons. The molecule has 27 heavy (non-hydrogen) atoms. The molecule has 2 amide bonds. The molecule has 3 rings (SSSR count). The molecule has 2 aromatic rings. The molecular formula is C19H22ClN5O2. The smallest absolute Gasteiger partial charge is 0.272 e. The van der Waals surface area contributed by atoms with Gasteiger partial charge in [0.2, 0.25) is 12.4 Å². The Hall–Kier alpha value is -2.67. The topological polar surface area (TPSA) is 78.4 Å². The first-order valence-electron chi connectivity index (χ1n) is 8.88. The molecule has 0 bridgehead atoms. The third-order valence-corrected chi connectivity index (χ3v) is 4.64. The number of hydrogen-bond donors (Lipinski definition) is 1. The van der Waals surface area contributed by atoms with Crippen LogP contribution in [0.2, 0.25) is 5.02 Å². The van der Waals surface area contributed by atoms with Crippen LogP contribution in [0.5, 0.6) is 0 Å². The average Bonchev–Trinajstić information content (AvgIpc) is 2.67. The number of nitrogens with one attached hydrogen (secondary N) is 1. The van der Waals surface area contributed by atoms with Crippen LogP contribution >= 0.6 is 11.6 Å². The molecule has 1 aliphatic heterocycles. The summed E-state index contributed by atoms with van der Waals surface area (Å²) in [6.07, 6.45) is 1.59. The number of aryl methyl sites for hydroxylation is 1. The standard InChI is InChI=1S/C19H22ClN5O2/c1-14-11-17(18(27)25-9-7-24(13-26)8-10-25)23-19(22-14)21-6-5-15-3-2-4-16(20)12-15/h2-4,11-13H,5-10H2,1H3,(H,21,22,23). The highest BCUT2D eigenvalue weighted by atomic mass is 35.5. The van der Waals surface area contributed by atoms with Crippen molar-refractivity contribution in [2.45, 2.75) is 13.3 Å². The van der Waals surface area contributed by atoms with Gasteiger partial charge in [-0.3, -0.25) is 9.59 Å². The summed E-state index contributed by atoms with van der Waals surface area (Å²) in [5, 5.41) is 3.89. The van der Waals surface area contributed by atoms with Crippen LogP contribution in [0.25, 0.3) is 0 Å². The third-order valence-electron chi connectivity index (χ3n) is 4.41. The minimum Gasteiger partial charge on any atom is -0.354 e. The fourth-order valence-corrected chi connectivity index (χ4v) is 3.17. The van der Waals surface area contributed by atoms with Crippen LogP contribution < -0.4 is 5.32 Å². The van der Waals surface area contributed by atoms with Crippen molar-refractivity contribution in [3.05, 3.63) is 52.3 Å². The highest BCUT2D eigenvalue weighted by molar-refractivity contribution is 6.30. The maximum absolute atomic E-state index is 12.7. The van der Waals surface area contributed by atoms with Crippen molar-refractivity contribution in [3.8, 4) is 0 Å². The largest absolute Gasteiger partial charge is 0.354 e. The molecule has 8 heteroatoms. The van der Waals surface area contributed by atoms with Crippen LogP contribution in [-0.4, -0.2) is 64.8 Å². The van der Waals surface area contributed by atoms with Crippen molar-refractivity contribution in [1.29, 1.82) is 0 Å². The second-order valence-corrected chi connectivity index (χ2v) is 6.89. The van der Waals surface area contributed by atoms with Crippen LogP contribution in [0.1, 0.15) is 21.7 Å². The fraction of sp³-hybridized carbons (Fsp3) is 0.368. The number of nitrogens with zero attached hydrogens (tertiary/aromatic N) is 4. The van der Waals surface area contributed by atoms with Gasteiger partial charge in [0, 0.05) is 43.4 Å². The normalized spacial score (nSPS) is 14.1. The number of halogens is 1.